The lowest BCUT2D eigenvalue weighted by molar-refractivity contribution is 0.271. The summed E-state index contributed by atoms with van der Waals surface area (Å²) in [7, 11) is 0. The van der Waals surface area contributed by atoms with E-state index in [1.807, 2.05) is 19.2 Å². The zero-order valence-corrected chi connectivity index (χ0v) is 11.0. The molecule has 3 heterocycles. The van der Waals surface area contributed by atoms with E-state index in [2.05, 4.69) is 21.7 Å². The van der Waals surface area contributed by atoms with E-state index in [0.29, 0.717) is 0 Å². The van der Waals surface area contributed by atoms with Crippen LogP contribution in [0, 0.1) is 6.92 Å². The van der Waals surface area contributed by atoms with Crippen LogP contribution in [-0.4, -0.2) is 42.6 Å². The third-order valence-electron chi connectivity index (χ3n) is 3.76. The number of aromatic nitrogens is 1. The summed E-state index contributed by atoms with van der Waals surface area (Å²) in [5.41, 5.74) is 2.07. The van der Waals surface area contributed by atoms with Crippen molar-refractivity contribution in [2.45, 2.75) is 13.8 Å². The van der Waals surface area contributed by atoms with Gasteiger partial charge in [-0.3, -0.25) is 0 Å². The fourth-order valence-corrected chi connectivity index (χ4v) is 2.60. The van der Waals surface area contributed by atoms with E-state index in [0.717, 1.165) is 55.1 Å². The Hall–Kier alpha value is -1.55. The van der Waals surface area contributed by atoms with E-state index in [1.165, 1.54) is 0 Å². The van der Waals surface area contributed by atoms with Gasteiger partial charge < -0.3 is 14.2 Å². The fraction of sp³-hybridized carbons (Fsp3) is 0.500. The van der Waals surface area contributed by atoms with Crippen molar-refractivity contribution < 1.29 is 4.42 Å². The molecule has 0 spiro atoms. The molecule has 0 atom stereocenters. The number of furan rings is 1. The molecule has 0 N–H and O–H groups in total. The number of fused-ring (bicyclic) bond motifs is 1. The van der Waals surface area contributed by atoms with Gasteiger partial charge in [-0.15, -0.1) is 0 Å². The van der Waals surface area contributed by atoms with Crippen molar-refractivity contribution in [3.63, 3.8) is 0 Å². The Morgan fingerprint density at radius 1 is 1.28 bits per heavy atom. The van der Waals surface area contributed by atoms with Crippen LogP contribution in [0.25, 0.3) is 11.0 Å². The van der Waals surface area contributed by atoms with E-state index in [1.54, 1.807) is 6.26 Å². The highest BCUT2D eigenvalue weighted by Crippen LogP contribution is 2.28. The summed E-state index contributed by atoms with van der Waals surface area (Å²) in [6.07, 6.45) is 3.67. The summed E-state index contributed by atoms with van der Waals surface area (Å²) >= 11 is 0. The van der Waals surface area contributed by atoms with Gasteiger partial charge in [0, 0.05) is 37.9 Å². The quantitative estimate of drug-likeness (QED) is 0.812. The maximum atomic E-state index is 5.55. The number of aryl methyl sites for hydroxylation is 1. The molecule has 0 aromatic carbocycles. The van der Waals surface area contributed by atoms with Crippen molar-refractivity contribution in [3.05, 3.63) is 24.1 Å². The van der Waals surface area contributed by atoms with Crippen LogP contribution in [0.15, 0.2) is 22.9 Å². The summed E-state index contributed by atoms with van der Waals surface area (Å²) in [6, 6.07) is 2.02. The van der Waals surface area contributed by atoms with Crippen LogP contribution in [0.2, 0.25) is 0 Å². The molecule has 2 aromatic heterocycles. The van der Waals surface area contributed by atoms with E-state index < -0.39 is 0 Å². The number of pyridine rings is 1. The van der Waals surface area contributed by atoms with E-state index >= 15 is 0 Å². The van der Waals surface area contributed by atoms with Gasteiger partial charge in [-0.1, -0.05) is 6.92 Å². The molecule has 0 amide bonds. The lowest BCUT2D eigenvalue weighted by Gasteiger charge is -2.35. The molecule has 96 valence electrons. The molecule has 1 aliphatic heterocycles. The van der Waals surface area contributed by atoms with Crippen molar-refractivity contribution in [1.29, 1.82) is 0 Å². The van der Waals surface area contributed by atoms with Crippen molar-refractivity contribution >= 4 is 16.8 Å². The van der Waals surface area contributed by atoms with Crippen LogP contribution in [-0.2, 0) is 0 Å². The maximum absolute atomic E-state index is 5.55. The second kappa shape index (κ2) is 4.61. The van der Waals surface area contributed by atoms with Gasteiger partial charge in [0.05, 0.1) is 11.6 Å². The van der Waals surface area contributed by atoms with Crippen LogP contribution < -0.4 is 4.90 Å². The Morgan fingerprint density at radius 2 is 2.06 bits per heavy atom. The average Bonchev–Trinajstić information content (AvgIpc) is 2.90. The van der Waals surface area contributed by atoms with Crippen molar-refractivity contribution in [2.24, 2.45) is 0 Å². The molecule has 1 saturated heterocycles. The van der Waals surface area contributed by atoms with E-state index in [4.69, 9.17) is 4.42 Å². The van der Waals surface area contributed by atoms with Gasteiger partial charge in [-0.25, -0.2) is 4.98 Å². The second-order valence-corrected chi connectivity index (χ2v) is 4.85. The molecule has 4 nitrogen and oxygen atoms in total. The largest absolute Gasteiger partial charge is 0.464 e. The highest BCUT2D eigenvalue weighted by molar-refractivity contribution is 5.90. The lowest BCUT2D eigenvalue weighted by Crippen LogP contribution is -2.46. The number of piperazine rings is 1. The molecular formula is C14H19N3O. The molecule has 4 heteroatoms. The van der Waals surface area contributed by atoms with Crippen molar-refractivity contribution in [1.82, 2.24) is 9.88 Å². The number of rotatable bonds is 2. The van der Waals surface area contributed by atoms with Crippen LogP contribution in [0.3, 0.4) is 0 Å². The maximum Gasteiger partial charge on any atom is 0.142 e. The molecule has 0 unspecified atom stereocenters. The first-order valence-corrected chi connectivity index (χ1v) is 6.59. The zero-order chi connectivity index (χ0) is 12.5. The standard InChI is InChI=1S/C14H19N3O/c1-3-16-5-7-17(8-6-16)14-12-4-9-18-13(12)11(2)10-15-14/h4,9-10H,3,5-8H2,1-2H3. The third kappa shape index (κ3) is 1.86. The second-order valence-electron chi connectivity index (χ2n) is 4.85. The van der Waals surface area contributed by atoms with Crippen LogP contribution in [0.4, 0.5) is 5.82 Å². The van der Waals surface area contributed by atoms with Crippen LogP contribution >= 0.6 is 0 Å². The number of hydrogen-bond acceptors (Lipinski definition) is 4. The molecule has 0 aliphatic carbocycles. The number of nitrogens with zero attached hydrogens (tertiary/aromatic N) is 3. The summed E-state index contributed by atoms with van der Waals surface area (Å²) in [6.45, 7) is 9.72. The molecule has 2 aromatic rings. The fourth-order valence-electron chi connectivity index (χ4n) is 2.60. The summed E-state index contributed by atoms with van der Waals surface area (Å²) in [5, 5.41) is 1.14. The average molecular weight is 245 g/mol. The number of anilines is 1. The minimum Gasteiger partial charge on any atom is -0.464 e. The zero-order valence-electron chi connectivity index (χ0n) is 11.0. The first-order chi connectivity index (χ1) is 8.79. The number of likely N-dealkylation sites (N-methyl/N-ethyl adjacent to an activating group) is 1. The Kier molecular flexibility index (Phi) is 2.96. The van der Waals surface area contributed by atoms with Crippen LogP contribution in [0.5, 0.6) is 0 Å². The molecule has 0 radical (unpaired) electrons. The molecule has 1 fully saturated rings. The Balaban J connectivity index is 1.91. The third-order valence-corrected chi connectivity index (χ3v) is 3.76. The highest BCUT2D eigenvalue weighted by atomic mass is 16.3. The Bertz CT molecular complexity index is 541. The van der Waals surface area contributed by atoms with Gasteiger partial charge in [-0.2, -0.15) is 0 Å². The molecule has 0 saturated carbocycles. The predicted molar refractivity (Wildman–Crippen MR) is 73.1 cm³/mol. The van der Waals surface area contributed by atoms with Gasteiger partial charge in [0.15, 0.2) is 0 Å². The molecule has 1 aliphatic rings. The first-order valence-electron chi connectivity index (χ1n) is 6.59. The van der Waals surface area contributed by atoms with E-state index in [-0.39, 0.29) is 0 Å². The normalized spacial score (nSPS) is 17.6. The van der Waals surface area contributed by atoms with Crippen molar-refractivity contribution in [2.75, 3.05) is 37.6 Å². The smallest absolute Gasteiger partial charge is 0.142 e. The van der Waals surface area contributed by atoms with E-state index in [9.17, 15) is 0 Å². The highest BCUT2D eigenvalue weighted by Gasteiger charge is 2.19. The van der Waals surface area contributed by atoms with Gasteiger partial charge in [0.2, 0.25) is 0 Å². The Morgan fingerprint density at radius 3 is 2.78 bits per heavy atom. The SMILES string of the molecule is CCN1CCN(c2ncc(C)c3occc23)CC1. The first kappa shape index (κ1) is 11.5. The molecular weight excluding hydrogens is 226 g/mol. The molecule has 3 rings (SSSR count). The Labute approximate surface area is 107 Å². The van der Waals surface area contributed by atoms with Gasteiger partial charge in [0.25, 0.3) is 0 Å². The monoisotopic (exact) mass is 245 g/mol. The number of hydrogen-bond donors (Lipinski definition) is 0. The summed E-state index contributed by atoms with van der Waals surface area (Å²) in [5.74, 6) is 1.07. The topological polar surface area (TPSA) is 32.5 Å². The lowest BCUT2D eigenvalue weighted by atomic mass is 10.2. The molecule has 0 bridgehead atoms. The summed E-state index contributed by atoms with van der Waals surface area (Å²) < 4.78 is 5.55. The van der Waals surface area contributed by atoms with Gasteiger partial charge in [-0.05, 0) is 19.5 Å². The minimum atomic E-state index is 0.970. The summed E-state index contributed by atoms with van der Waals surface area (Å²) in [4.78, 5) is 9.43. The predicted octanol–water partition coefficient (Wildman–Crippen LogP) is 2.28. The minimum absolute atomic E-state index is 0.970. The van der Waals surface area contributed by atoms with Gasteiger partial charge in [0.1, 0.15) is 11.4 Å². The van der Waals surface area contributed by atoms with Gasteiger partial charge >= 0.3 is 0 Å². The van der Waals surface area contributed by atoms with Crippen molar-refractivity contribution in [3.8, 4) is 0 Å². The van der Waals surface area contributed by atoms with Crippen LogP contribution in [0.1, 0.15) is 12.5 Å². The molecule has 18 heavy (non-hydrogen) atoms.